The molecule has 0 spiro atoms. The smallest absolute Gasteiger partial charge is 0.323 e. The van der Waals surface area contributed by atoms with Crippen molar-refractivity contribution in [2.24, 2.45) is 0 Å². The van der Waals surface area contributed by atoms with Crippen LogP contribution < -0.4 is 5.32 Å². The summed E-state index contributed by atoms with van der Waals surface area (Å²) in [7, 11) is 1.36. The Hall–Kier alpha value is -2.29. The number of hydrogen-bond donors (Lipinski definition) is 2. The topological polar surface area (TPSA) is 78.9 Å². The number of hydrogen-bond acceptors (Lipinski definition) is 3. The predicted octanol–water partition coefficient (Wildman–Crippen LogP) is 1.67. The van der Waals surface area contributed by atoms with Crippen molar-refractivity contribution in [2.75, 3.05) is 32.1 Å². The number of anilines is 1. The number of halogens is 3. The first-order valence-corrected chi connectivity index (χ1v) is 5.76. The summed E-state index contributed by atoms with van der Waals surface area (Å²) >= 11 is 0. The number of carbonyl (C=O) groups excluding carboxylic acids is 1. The Morgan fingerprint density at radius 1 is 1.29 bits per heavy atom. The molecule has 0 saturated carbocycles. The lowest BCUT2D eigenvalue weighted by Gasteiger charge is -2.20. The van der Waals surface area contributed by atoms with Crippen LogP contribution in [0.15, 0.2) is 12.1 Å². The van der Waals surface area contributed by atoms with E-state index in [1.807, 2.05) is 0 Å². The average Bonchev–Trinajstić information content (AvgIpc) is 2.40. The van der Waals surface area contributed by atoms with Crippen molar-refractivity contribution in [3.8, 4) is 0 Å². The third-order valence-corrected chi connectivity index (χ3v) is 2.41. The Morgan fingerprint density at radius 3 is 2.33 bits per heavy atom. The summed E-state index contributed by atoms with van der Waals surface area (Å²) in [6, 6.07) is 0.275. The van der Waals surface area contributed by atoms with Crippen LogP contribution in [0.3, 0.4) is 0 Å². The van der Waals surface area contributed by atoms with E-state index in [1.165, 1.54) is 7.11 Å². The minimum absolute atomic E-state index is 0.0409. The number of carbonyl (C=O) groups is 2. The van der Waals surface area contributed by atoms with Crippen molar-refractivity contribution in [1.29, 1.82) is 0 Å². The van der Waals surface area contributed by atoms with Gasteiger partial charge in [-0.25, -0.2) is 18.0 Å². The van der Waals surface area contributed by atoms with Crippen molar-refractivity contribution < 1.29 is 32.6 Å². The molecule has 0 aliphatic carbocycles. The Labute approximate surface area is 118 Å². The summed E-state index contributed by atoms with van der Waals surface area (Å²) in [6.07, 6.45) is 0. The molecule has 0 radical (unpaired) electrons. The second-order valence-corrected chi connectivity index (χ2v) is 3.99. The standard InChI is InChI=1S/C12H13F3N2O4/c1-21-3-2-17(6-10(18)19)12(20)16-7-4-8(13)11(15)9(14)5-7/h4-5H,2-3,6H2,1H3,(H,16,20)(H,18,19). The number of methoxy groups -OCH3 is 1. The van der Waals surface area contributed by atoms with Gasteiger partial charge in [-0.1, -0.05) is 0 Å². The second-order valence-electron chi connectivity index (χ2n) is 3.99. The van der Waals surface area contributed by atoms with Gasteiger partial charge in [0.05, 0.1) is 6.61 Å². The summed E-state index contributed by atoms with van der Waals surface area (Å²) in [5.74, 6) is -5.86. The van der Waals surface area contributed by atoms with E-state index in [-0.39, 0.29) is 18.8 Å². The largest absolute Gasteiger partial charge is 0.480 e. The minimum Gasteiger partial charge on any atom is -0.480 e. The van der Waals surface area contributed by atoms with Crippen molar-refractivity contribution in [2.45, 2.75) is 0 Å². The summed E-state index contributed by atoms with van der Waals surface area (Å²) in [5.41, 5.74) is -0.329. The van der Waals surface area contributed by atoms with Gasteiger partial charge in [0.25, 0.3) is 0 Å². The van der Waals surface area contributed by atoms with E-state index >= 15 is 0 Å². The number of carboxylic acids is 1. The molecule has 9 heteroatoms. The van der Waals surface area contributed by atoms with Crippen molar-refractivity contribution >= 4 is 17.7 Å². The van der Waals surface area contributed by atoms with E-state index < -0.39 is 36.0 Å². The summed E-state index contributed by atoms with van der Waals surface area (Å²) in [6.45, 7) is -0.588. The molecule has 0 heterocycles. The number of nitrogens with zero attached hydrogens (tertiary/aromatic N) is 1. The van der Waals surface area contributed by atoms with Crippen molar-refractivity contribution in [3.05, 3.63) is 29.6 Å². The first kappa shape index (κ1) is 16.8. The molecule has 116 valence electrons. The Morgan fingerprint density at radius 2 is 1.86 bits per heavy atom. The zero-order chi connectivity index (χ0) is 16.0. The van der Waals surface area contributed by atoms with Gasteiger partial charge in [0.2, 0.25) is 0 Å². The maximum atomic E-state index is 13.0. The van der Waals surface area contributed by atoms with Gasteiger partial charge >= 0.3 is 12.0 Å². The lowest BCUT2D eigenvalue weighted by Crippen LogP contribution is -2.40. The van der Waals surface area contributed by atoms with Crippen LogP contribution >= 0.6 is 0 Å². The van der Waals surface area contributed by atoms with Gasteiger partial charge in [0, 0.05) is 31.5 Å². The zero-order valence-corrected chi connectivity index (χ0v) is 11.0. The van der Waals surface area contributed by atoms with Crippen molar-refractivity contribution in [1.82, 2.24) is 4.90 Å². The Kier molecular flexibility index (Phi) is 5.97. The van der Waals surface area contributed by atoms with Gasteiger partial charge in [0.1, 0.15) is 6.54 Å². The van der Waals surface area contributed by atoms with E-state index in [4.69, 9.17) is 9.84 Å². The van der Waals surface area contributed by atoms with Gasteiger partial charge in [-0.2, -0.15) is 0 Å². The number of benzene rings is 1. The highest BCUT2D eigenvalue weighted by atomic mass is 19.2. The monoisotopic (exact) mass is 306 g/mol. The number of ether oxygens (including phenoxy) is 1. The molecule has 2 amide bonds. The molecule has 1 rings (SSSR count). The third-order valence-electron chi connectivity index (χ3n) is 2.41. The highest BCUT2D eigenvalue weighted by Gasteiger charge is 2.18. The highest BCUT2D eigenvalue weighted by Crippen LogP contribution is 2.17. The SMILES string of the molecule is COCCN(CC(=O)O)C(=O)Nc1cc(F)c(F)c(F)c1. The van der Waals surface area contributed by atoms with Crippen LogP contribution in [0.25, 0.3) is 0 Å². The molecule has 0 aliphatic rings. The molecule has 0 bridgehead atoms. The number of aliphatic carboxylic acids is 1. The van der Waals surface area contributed by atoms with Crippen LogP contribution in [-0.4, -0.2) is 48.8 Å². The molecule has 0 unspecified atom stereocenters. The zero-order valence-electron chi connectivity index (χ0n) is 11.0. The van der Waals surface area contributed by atoms with Gasteiger partial charge in [-0.3, -0.25) is 4.79 Å². The van der Waals surface area contributed by atoms with E-state index in [1.54, 1.807) is 0 Å². The van der Waals surface area contributed by atoms with Gasteiger partial charge in [-0.05, 0) is 0 Å². The number of amides is 2. The molecule has 6 nitrogen and oxygen atoms in total. The van der Waals surface area contributed by atoms with E-state index in [0.29, 0.717) is 12.1 Å². The number of rotatable bonds is 6. The average molecular weight is 306 g/mol. The second kappa shape index (κ2) is 7.48. The molecule has 0 atom stereocenters. The summed E-state index contributed by atoms with van der Waals surface area (Å²) < 4.78 is 43.5. The first-order chi connectivity index (χ1) is 9.85. The molecule has 0 saturated heterocycles. The Balaban J connectivity index is 2.82. The number of urea groups is 1. The van der Waals surface area contributed by atoms with Gasteiger partial charge in [-0.15, -0.1) is 0 Å². The fourth-order valence-corrected chi connectivity index (χ4v) is 1.45. The van der Waals surface area contributed by atoms with Crippen LogP contribution in [0, 0.1) is 17.5 Å². The molecule has 1 aromatic carbocycles. The fourth-order valence-electron chi connectivity index (χ4n) is 1.45. The molecular weight excluding hydrogens is 293 g/mol. The fraction of sp³-hybridized carbons (Fsp3) is 0.333. The number of nitrogens with one attached hydrogen (secondary N) is 1. The summed E-state index contributed by atoms with van der Waals surface area (Å²) in [5, 5.41) is 10.8. The lowest BCUT2D eigenvalue weighted by molar-refractivity contribution is -0.137. The molecule has 2 N–H and O–H groups in total. The van der Waals surface area contributed by atoms with Crippen LogP contribution in [-0.2, 0) is 9.53 Å². The van der Waals surface area contributed by atoms with Crippen LogP contribution in [0.1, 0.15) is 0 Å². The third kappa shape index (κ3) is 4.95. The highest BCUT2D eigenvalue weighted by molar-refractivity contribution is 5.91. The normalized spacial score (nSPS) is 10.3. The molecule has 0 fully saturated rings. The molecule has 0 aromatic heterocycles. The Bertz CT molecular complexity index is 516. The van der Waals surface area contributed by atoms with Crippen molar-refractivity contribution in [3.63, 3.8) is 0 Å². The lowest BCUT2D eigenvalue weighted by atomic mass is 10.3. The molecule has 0 aliphatic heterocycles. The first-order valence-electron chi connectivity index (χ1n) is 5.76. The van der Waals surface area contributed by atoms with Gasteiger partial charge in [0.15, 0.2) is 17.5 Å². The predicted molar refractivity (Wildman–Crippen MR) is 66.4 cm³/mol. The van der Waals surface area contributed by atoms with Crippen LogP contribution in [0.5, 0.6) is 0 Å². The number of carboxylic acid groups (broad SMARTS) is 1. The van der Waals surface area contributed by atoms with E-state index in [9.17, 15) is 22.8 Å². The van der Waals surface area contributed by atoms with E-state index in [0.717, 1.165) is 4.90 Å². The quantitative estimate of drug-likeness (QED) is 0.784. The summed E-state index contributed by atoms with van der Waals surface area (Å²) in [4.78, 5) is 23.3. The van der Waals surface area contributed by atoms with Crippen LogP contribution in [0.2, 0.25) is 0 Å². The molecular formula is C12H13F3N2O4. The molecule has 1 aromatic rings. The minimum atomic E-state index is -1.66. The van der Waals surface area contributed by atoms with E-state index in [2.05, 4.69) is 5.32 Å². The maximum absolute atomic E-state index is 13.0. The molecule has 21 heavy (non-hydrogen) atoms. The van der Waals surface area contributed by atoms with Crippen LogP contribution in [0.4, 0.5) is 23.7 Å². The van der Waals surface area contributed by atoms with Gasteiger partial charge < -0.3 is 20.1 Å². The maximum Gasteiger partial charge on any atom is 0.323 e.